The Morgan fingerprint density at radius 2 is 1.69 bits per heavy atom. The highest BCUT2D eigenvalue weighted by molar-refractivity contribution is 5.95. The van der Waals surface area contributed by atoms with Crippen LogP contribution < -0.4 is 0 Å². The lowest BCUT2D eigenvalue weighted by molar-refractivity contribution is -0.143. The molecule has 0 aromatic heterocycles. The van der Waals surface area contributed by atoms with Crippen molar-refractivity contribution in [3.05, 3.63) is 71.3 Å². The van der Waals surface area contributed by atoms with E-state index in [2.05, 4.69) is 0 Å². The standard InChI is InChI=1S/C23H26N2O4/c1-23(13-6-14-25(16-23)20(26)18-7-4-3-5-8-18)22(29)24(2)15-17-9-11-19(12-10-17)21(27)28/h3-5,7-12H,6,13-16H2,1-2H3,(H,27,28). The quantitative estimate of drug-likeness (QED) is 0.844. The third kappa shape index (κ3) is 4.65. The molecule has 6 heteroatoms. The van der Waals surface area contributed by atoms with Crippen LogP contribution in [0.25, 0.3) is 0 Å². The van der Waals surface area contributed by atoms with Crippen LogP contribution in [-0.4, -0.2) is 52.8 Å². The van der Waals surface area contributed by atoms with Gasteiger partial charge >= 0.3 is 5.97 Å². The molecular formula is C23H26N2O4. The fourth-order valence-corrected chi connectivity index (χ4v) is 3.91. The largest absolute Gasteiger partial charge is 0.478 e. The first kappa shape index (κ1) is 20.6. The van der Waals surface area contributed by atoms with Crippen LogP contribution >= 0.6 is 0 Å². The second-order valence-corrected chi connectivity index (χ2v) is 7.92. The van der Waals surface area contributed by atoms with Gasteiger partial charge in [-0.1, -0.05) is 30.3 Å². The van der Waals surface area contributed by atoms with E-state index in [1.165, 1.54) is 0 Å². The summed E-state index contributed by atoms with van der Waals surface area (Å²) in [5.41, 5.74) is 1.08. The smallest absolute Gasteiger partial charge is 0.335 e. The molecule has 1 saturated heterocycles. The van der Waals surface area contributed by atoms with Gasteiger partial charge in [-0.15, -0.1) is 0 Å². The first-order valence-electron chi connectivity index (χ1n) is 9.72. The number of nitrogens with zero attached hydrogens (tertiary/aromatic N) is 2. The molecule has 1 aliphatic rings. The lowest BCUT2D eigenvalue weighted by Crippen LogP contribution is -2.52. The number of rotatable bonds is 5. The summed E-state index contributed by atoms with van der Waals surface area (Å²) in [6.45, 7) is 3.35. The Morgan fingerprint density at radius 1 is 1.03 bits per heavy atom. The Morgan fingerprint density at radius 3 is 2.31 bits per heavy atom. The van der Waals surface area contributed by atoms with Gasteiger partial charge in [0, 0.05) is 32.2 Å². The number of amides is 2. The van der Waals surface area contributed by atoms with Crippen molar-refractivity contribution in [3.8, 4) is 0 Å². The number of piperidine rings is 1. The second-order valence-electron chi connectivity index (χ2n) is 7.92. The fraction of sp³-hybridized carbons (Fsp3) is 0.348. The van der Waals surface area contributed by atoms with Gasteiger partial charge in [-0.25, -0.2) is 4.79 Å². The van der Waals surface area contributed by atoms with Crippen LogP contribution in [0.1, 0.15) is 46.0 Å². The Hall–Kier alpha value is -3.15. The molecule has 29 heavy (non-hydrogen) atoms. The summed E-state index contributed by atoms with van der Waals surface area (Å²) >= 11 is 0. The van der Waals surface area contributed by atoms with E-state index in [4.69, 9.17) is 5.11 Å². The minimum absolute atomic E-state index is 0.00891. The van der Waals surface area contributed by atoms with E-state index in [0.29, 0.717) is 25.2 Å². The third-order valence-corrected chi connectivity index (χ3v) is 5.49. The highest BCUT2D eigenvalue weighted by atomic mass is 16.4. The predicted octanol–water partition coefficient (Wildman–Crippen LogP) is 3.29. The monoisotopic (exact) mass is 394 g/mol. The van der Waals surface area contributed by atoms with Crippen molar-refractivity contribution in [2.75, 3.05) is 20.1 Å². The molecule has 0 spiro atoms. The second kappa shape index (κ2) is 8.47. The lowest BCUT2D eigenvalue weighted by atomic mass is 9.80. The highest BCUT2D eigenvalue weighted by Crippen LogP contribution is 2.32. The zero-order chi connectivity index (χ0) is 21.0. The predicted molar refractivity (Wildman–Crippen MR) is 110 cm³/mol. The van der Waals surface area contributed by atoms with E-state index in [0.717, 1.165) is 18.4 Å². The number of carboxylic acids is 1. The zero-order valence-electron chi connectivity index (χ0n) is 16.8. The van der Waals surface area contributed by atoms with Crippen molar-refractivity contribution in [3.63, 3.8) is 0 Å². The summed E-state index contributed by atoms with van der Waals surface area (Å²) in [5, 5.41) is 9.01. The molecule has 1 fully saturated rings. The van der Waals surface area contributed by atoms with Crippen molar-refractivity contribution in [1.29, 1.82) is 0 Å². The minimum Gasteiger partial charge on any atom is -0.478 e. The van der Waals surface area contributed by atoms with Gasteiger partial charge in [0.1, 0.15) is 0 Å². The fourth-order valence-electron chi connectivity index (χ4n) is 3.91. The molecule has 0 radical (unpaired) electrons. The molecule has 0 bridgehead atoms. The van der Waals surface area contributed by atoms with Gasteiger partial charge < -0.3 is 14.9 Å². The Balaban J connectivity index is 1.68. The molecule has 6 nitrogen and oxygen atoms in total. The van der Waals surface area contributed by atoms with Gasteiger partial charge in [-0.3, -0.25) is 9.59 Å². The number of carbonyl (C=O) groups excluding carboxylic acids is 2. The summed E-state index contributed by atoms with van der Waals surface area (Å²) in [5.74, 6) is -1.03. The average Bonchev–Trinajstić information content (AvgIpc) is 2.73. The van der Waals surface area contributed by atoms with Crippen molar-refractivity contribution in [2.24, 2.45) is 5.41 Å². The molecule has 1 N–H and O–H groups in total. The number of carbonyl (C=O) groups is 3. The Labute approximate surface area is 170 Å². The summed E-state index contributed by atoms with van der Waals surface area (Å²) in [6.07, 6.45) is 1.51. The van der Waals surface area contributed by atoms with E-state index in [-0.39, 0.29) is 17.4 Å². The van der Waals surface area contributed by atoms with Crippen LogP contribution in [0.3, 0.4) is 0 Å². The van der Waals surface area contributed by atoms with Gasteiger partial charge in [0.2, 0.25) is 5.91 Å². The first-order chi connectivity index (χ1) is 13.8. The number of aromatic carboxylic acids is 1. The molecule has 1 heterocycles. The number of hydrogen-bond acceptors (Lipinski definition) is 3. The SMILES string of the molecule is CN(Cc1ccc(C(=O)O)cc1)C(=O)C1(C)CCCN(C(=O)c2ccccc2)C1. The molecule has 1 atom stereocenters. The van der Waals surface area contributed by atoms with E-state index in [1.807, 2.05) is 25.1 Å². The van der Waals surface area contributed by atoms with Gasteiger partial charge in [0.15, 0.2) is 0 Å². The van der Waals surface area contributed by atoms with Gasteiger partial charge in [-0.05, 0) is 49.6 Å². The van der Waals surface area contributed by atoms with Crippen molar-refractivity contribution in [2.45, 2.75) is 26.3 Å². The first-order valence-corrected chi connectivity index (χ1v) is 9.72. The molecule has 2 aromatic carbocycles. The molecule has 0 aliphatic carbocycles. The Bertz CT molecular complexity index is 895. The maximum Gasteiger partial charge on any atom is 0.335 e. The van der Waals surface area contributed by atoms with E-state index in [9.17, 15) is 14.4 Å². The van der Waals surface area contributed by atoms with Crippen molar-refractivity contribution in [1.82, 2.24) is 9.80 Å². The molecule has 0 saturated carbocycles. The molecule has 3 rings (SSSR count). The maximum atomic E-state index is 13.2. The summed E-state index contributed by atoms with van der Waals surface area (Å²) in [4.78, 5) is 40.4. The van der Waals surface area contributed by atoms with Gasteiger partial charge in [-0.2, -0.15) is 0 Å². The zero-order valence-corrected chi connectivity index (χ0v) is 16.8. The topological polar surface area (TPSA) is 77.9 Å². The van der Waals surface area contributed by atoms with Crippen LogP contribution in [0, 0.1) is 5.41 Å². The highest BCUT2D eigenvalue weighted by Gasteiger charge is 2.41. The number of benzene rings is 2. The molecule has 1 unspecified atom stereocenters. The molecular weight excluding hydrogens is 368 g/mol. The summed E-state index contributed by atoms with van der Waals surface area (Å²) < 4.78 is 0. The lowest BCUT2D eigenvalue weighted by Gasteiger charge is -2.41. The minimum atomic E-state index is -0.973. The molecule has 152 valence electrons. The van der Waals surface area contributed by atoms with E-state index < -0.39 is 11.4 Å². The number of likely N-dealkylation sites (tertiary alicyclic amines) is 1. The summed E-state index contributed by atoms with van der Waals surface area (Å²) in [7, 11) is 1.75. The average molecular weight is 394 g/mol. The van der Waals surface area contributed by atoms with Crippen LogP contribution in [0.5, 0.6) is 0 Å². The van der Waals surface area contributed by atoms with Crippen LogP contribution in [0.4, 0.5) is 0 Å². The van der Waals surface area contributed by atoms with Crippen LogP contribution in [0.2, 0.25) is 0 Å². The molecule has 2 aromatic rings. The molecule has 2 amide bonds. The number of hydrogen-bond donors (Lipinski definition) is 1. The van der Waals surface area contributed by atoms with Crippen molar-refractivity contribution >= 4 is 17.8 Å². The Kier molecular flexibility index (Phi) is 6.01. The van der Waals surface area contributed by atoms with Gasteiger partial charge in [0.25, 0.3) is 5.91 Å². The normalized spacial score (nSPS) is 18.9. The van der Waals surface area contributed by atoms with Crippen molar-refractivity contribution < 1.29 is 19.5 Å². The van der Waals surface area contributed by atoms with E-state index >= 15 is 0 Å². The summed E-state index contributed by atoms with van der Waals surface area (Å²) in [6, 6.07) is 15.7. The third-order valence-electron chi connectivity index (χ3n) is 5.49. The number of carboxylic acid groups (broad SMARTS) is 1. The maximum absolute atomic E-state index is 13.2. The van der Waals surface area contributed by atoms with Gasteiger partial charge in [0.05, 0.1) is 11.0 Å². The molecule has 1 aliphatic heterocycles. The van der Waals surface area contributed by atoms with Crippen LogP contribution in [0.15, 0.2) is 54.6 Å². The van der Waals surface area contributed by atoms with Crippen LogP contribution in [-0.2, 0) is 11.3 Å². The van der Waals surface area contributed by atoms with E-state index in [1.54, 1.807) is 53.2 Å².